The zero-order valence-electron chi connectivity index (χ0n) is 16.6. The maximum absolute atomic E-state index is 12.8. The van der Waals surface area contributed by atoms with Gasteiger partial charge >= 0.3 is 11.8 Å². The molecule has 154 valence electrons. The van der Waals surface area contributed by atoms with Gasteiger partial charge in [-0.25, -0.2) is 10.1 Å². The third-order valence-corrected chi connectivity index (χ3v) is 5.11. The van der Waals surface area contributed by atoms with Crippen LogP contribution in [-0.4, -0.2) is 26.9 Å². The SMILES string of the molecule is CC(=NNC(=O)C(=O)Nc1c(C)n(C)n(-c2ccccc2)c1=O)c1ccc(Br)cc1. The molecule has 0 saturated carbocycles. The molecule has 0 aliphatic heterocycles. The van der Waals surface area contributed by atoms with Gasteiger partial charge in [0.05, 0.1) is 17.1 Å². The number of hydrogen-bond acceptors (Lipinski definition) is 4. The number of para-hydroxylation sites is 1. The van der Waals surface area contributed by atoms with Gasteiger partial charge in [0.15, 0.2) is 0 Å². The summed E-state index contributed by atoms with van der Waals surface area (Å²) in [6.07, 6.45) is 0. The van der Waals surface area contributed by atoms with E-state index in [0.717, 1.165) is 10.0 Å². The number of hydrazone groups is 1. The normalized spacial score (nSPS) is 11.3. The van der Waals surface area contributed by atoms with E-state index >= 15 is 0 Å². The number of anilines is 1. The molecule has 2 amide bonds. The van der Waals surface area contributed by atoms with Crippen molar-refractivity contribution in [3.8, 4) is 5.69 Å². The highest BCUT2D eigenvalue weighted by atomic mass is 79.9. The van der Waals surface area contributed by atoms with Crippen LogP contribution in [-0.2, 0) is 16.6 Å². The maximum atomic E-state index is 12.8. The first-order chi connectivity index (χ1) is 14.3. The second-order valence-corrected chi connectivity index (χ2v) is 7.45. The van der Waals surface area contributed by atoms with Crippen molar-refractivity contribution in [3.63, 3.8) is 0 Å². The van der Waals surface area contributed by atoms with Gasteiger partial charge in [-0.2, -0.15) is 5.10 Å². The molecule has 0 unspecified atom stereocenters. The van der Waals surface area contributed by atoms with Crippen LogP contribution < -0.4 is 16.3 Å². The number of rotatable bonds is 4. The van der Waals surface area contributed by atoms with Crippen molar-refractivity contribution in [2.45, 2.75) is 13.8 Å². The lowest BCUT2D eigenvalue weighted by Gasteiger charge is -2.07. The number of amides is 2. The van der Waals surface area contributed by atoms with E-state index in [4.69, 9.17) is 0 Å². The molecule has 1 heterocycles. The molecule has 3 aromatic rings. The molecule has 0 aliphatic carbocycles. The molecule has 2 N–H and O–H groups in total. The molecule has 2 aromatic carbocycles. The Morgan fingerprint density at radius 1 is 1.00 bits per heavy atom. The fraction of sp³-hybridized carbons (Fsp3) is 0.143. The summed E-state index contributed by atoms with van der Waals surface area (Å²) in [5.41, 5.74) is 4.31. The summed E-state index contributed by atoms with van der Waals surface area (Å²) in [5, 5.41) is 6.35. The number of halogens is 1. The van der Waals surface area contributed by atoms with Crippen molar-refractivity contribution in [2.24, 2.45) is 12.1 Å². The lowest BCUT2D eigenvalue weighted by Crippen LogP contribution is -2.34. The van der Waals surface area contributed by atoms with Crippen LogP contribution in [0.4, 0.5) is 5.69 Å². The Hall–Kier alpha value is -3.46. The summed E-state index contributed by atoms with van der Waals surface area (Å²) in [6.45, 7) is 3.39. The van der Waals surface area contributed by atoms with E-state index in [1.54, 1.807) is 37.7 Å². The highest BCUT2D eigenvalue weighted by molar-refractivity contribution is 9.10. The fourth-order valence-electron chi connectivity index (χ4n) is 2.82. The molecule has 8 nitrogen and oxygen atoms in total. The monoisotopic (exact) mass is 469 g/mol. The van der Waals surface area contributed by atoms with Gasteiger partial charge in [-0.3, -0.25) is 19.1 Å². The van der Waals surface area contributed by atoms with Crippen LogP contribution in [0.3, 0.4) is 0 Å². The standard InChI is InChI=1S/C21H20BrN5O3/c1-13(15-9-11-16(22)12-10-15)24-25-20(29)19(28)23-18-14(2)26(3)27(21(18)30)17-7-5-4-6-8-17/h4-12H,1-3H3,(H,23,28)(H,25,29). The number of hydrogen-bond donors (Lipinski definition) is 2. The molecule has 0 bridgehead atoms. The van der Waals surface area contributed by atoms with Gasteiger partial charge < -0.3 is 5.32 Å². The van der Waals surface area contributed by atoms with Crippen molar-refractivity contribution in [1.82, 2.24) is 14.8 Å². The van der Waals surface area contributed by atoms with Crippen molar-refractivity contribution in [2.75, 3.05) is 5.32 Å². The van der Waals surface area contributed by atoms with Gasteiger partial charge in [0.1, 0.15) is 5.69 Å². The summed E-state index contributed by atoms with van der Waals surface area (Å²) in [4.78, 5) is 37.3. The summed E-state index contributed by atoms with van der Waals surface area (Å²) < 4.78 is 3.95. The molecule has 1 aromatic heterocycles. The Morgan fingerprint density at radius 2 is 1.63 bits per heavy atom. The largest absolute Gasteiger partial charge is 0.329 e. The van der Waals surface area contributed by atoms with Crippen LogP contribution in [0.25, 0.3) is 5.69 Å². The molecule has 0 spiro atoms. The van der Waals surface area contributed by atoms with E-state index in [2.05, 4.69) is 31.8 Å². The number of nitrogens with one attached hydrogen (secondary N) is 2. The predicted octanol–water partition coefficient (Wildman–Crippen LogP) is 2.73. The molecule has 30 heavy (non-hydrogen) atoms. The van der Waals surface area contributed by atoms with E-state index in [9.17, 15) is 14.4 Å². The molecule has 3 rings (SSSR count). The van der Waals surface area contributed by atoms with Crippen molar-refractivity contribution >= 4 is 39.1 Å². The minimum Gasteiger partial charge on any atom is -0.311 e. The maximum Gasteiger partial charge on any atom is 0.329 e. The summed E-state index contributed by atoms with van der Waals surface area (Å²) in [5.74, 6) is -1.95. The molecule has 0 radical (unpaired) electrons. The van der Waals surface area contributed by atoms with Crippen molar-refractivity contribution in [1.29, 1.82) is 0 Å². The highest BCUT2D eigenvalue weighted by Crippen LogP contribution is 2.14. The predicted molar refractivity (Wildman–Crippen MR) is 119 cm³/mol. The zero-order chi connectivity index (χ0) is 21.8. The Kier molecular flexibility index (Phi) is 6.31. The van der Waals surface area contributed by atoms with Crippen LogP contribution in [0.5, 0.6) is 0 Å². The molecule has 0 fully saturated rings. The third kappa shape index (κ3) is 4.41. The first-order valence-corrected chi connectivity index (χ1v) is 9.84. The van der Waals surface area contributed by atoms with E-state index in [1.807, 2.05) is 42.5 Å². The second-order valence-electron chi connectivity index (χ2n) is 6.54. The van der Waals surface area contributed by atoms with Crippen molar-refractivity contribution < 1.29 is 9.59 Å². The van der Waals surface area contributed by atoms with Gasteiger partial charge in [0.2, 0.25) is 0 Å². The molecular formula is C21H20BrN5O3. The summed E-state index contributed by atoms with van der Waals surface area (Å²) in [7, 11) is 1.70. The lowest BCUT2D eigenvalue weighted by molar-refractivity contribution is -0.136. The van der Waals surface area contributed by atoms with Gasteiger partial charge in [-0.1, -0.05) is 46.3 Å². The minimum absolute atomic E-state index is 0.0371. The Morgan fingerprint density at radius 3 is 2.27 bits per heavy atom. The van der Waals surface area contributed by atoms with E-state index < -0.39 is 17.4 Å². The number of nitrogens with zero attached hydrogens (tertiary/aromatic N) is 3. The zero-order valence-corrected chi connectivity index (χ0v) is 18.2. The average molecular weight is 470 g/mol. The summed E-state index contributed by atoms with van der Waals surface area (Å²) >= 11 is 3.35. The smallest absolute Gasteiger partial charge is 0.311 e. The van der Waals surface area contributed by atoms with Crippen LogP contribution in [0.15, 0.2) is 69.0 Å². The Bertz CT molecular complexity index is 1180. The third-order valence-electron chi connectivity index (χ3n) is 4.59. The van der Waals surface area contributed by atoms with Crippen LogP contribution >= 0.6 is 15.9 Å². The number of benzene rings is 2. The quantitative estimate of drug-likeness (QED) is 0.349. The van der Waals surface area contributed by atoms with E-state index in [1.165, 1.54) is 4.68 Å². The number of aromatic nitrogens is 2. The van der Waals surface area contributed by atoms with Gasteiger partial charge in [0.25, 0.3) is 5.56 Å². The molecule has 0 saturated heterocycles. The lowest BCUT2D eigenvalue weighted by atomic mass is 10.1. The van der Waals surface area contributed by atoms with Gasteiger partial charge in [0, 0.05) is 11.5 Å². The van der Waals surface area contributed by atoms with Gasteiger partial charge in [-0.05, 0) is 43.7 Å². The first kappa shape index (κ1) is 21.3. The minimum atomic E-state index is -0.978. The van der Waals surface area contributed by atoms with Crippen LogP contribution in [0.1, 0.15) is 18.2 Å². The van der Waals surface area contributed by atoms with Crippen LogP contribution in [0, 0.1) is 6.92 Å². The Balaban J connectivity index is 1.76. The molecule has 0 atom stereocenters. The fourth-order valence-corrected chi connectivity index (χ4v) is 3.09. The first-order valence-electron chi connectivity index (χ1n) is 9.05. The van der Waals surface area contributed by atoms with E-state index in [-0.39, 0.29) is 5.69 Å². The molecule has 0 aliphatic rings. The van der Waals surface area contributed by atoms with Crippen molar-refractivity contribution in [3.05, 3.63) is 80.7 Å². The highest BCUT2D eigenvalue weighted by Gasteiger charge is 2.21. The number of carbonyl (C=O) groups excluding carboxylic acids is 2. The van der Waals surface area contributed by atoms with E-state index in [0.29, 0.717) is 17.1 Å². The second kappa shape index (κ2) is 8.91. The number of carbonyl (C=O) groups is 2. The summed E-state index contributed by atoms with van der Waals surface area (Å²) in [6, 6.07) is 16.4. The van der Waals surface area contributed by atoms with Gasteiger partial charge in [-0.15, -0.1) is 0 Å². The average Bonchev–Trinajstić information content (AvgIpc) is 2.96. The topological polar surface area (TPSA) is 97.5 Å². The van der Waals surface area contributed by atoms with Crippen LogP contribution in [0.2, 0.25) is 0 Å². The molecular weight excluding hydrogens is 450 g/mol. The Labute approximate surface area is 181 Å². The molecule has 9 heteroatoms.